The van der Waals surface area contributed by atoms with E-state index in [2.05, 4.69) is 40.7 Å². The minimum Gasteiger partial charge on any atom is -0.497 e. The molecule has 2 aromatic carbocycles. The third kappa shape index (κ3) is 6.02. The van der Waals surface area contributed by atoms with E-state index in [-0.39, 0.29) is 30.0 Å². The van der Waals surface area contributed by atoms with Crippen LogP contribution in [0.3, 0.4) is 0 Å². The number of hydrogen-bond acceptors (Lipinski definition) is 5. The lowest BCUT2D eigenvalue weighted by Crippen LogP contribution is -2.49. The molecule has 1 amide bonds. The Kier molecular flexibility index (Phi) is 8.21. The standard InChI is InChI=1S/C35H42N2O4/c1-22-10-9-11-23(2)37(22)31(38)21-41-34(39)32-28-12-7-8-13-30(28)36-33-25(18-24-14-16-27(40-6)17-15-24)19-26(20-29(32)33)35(3,4)5/h7-8,12-18,22-23,26H,9-11,19-21H2,1-6H3. The van der Waals surface area contributed by atoms with Crippen molar-refractivity contribution in [1.29, 1.82) is 0 Å². The topological polar surface area (TPSA) is 68.7 Å². The number of methoxy groups -OCH3 is 1. The van der Waals surface area contributed by atoms with Gasteiger partial charge in [0.15, 0.2) is 6.61 Å². The van der Waals surface area contributed by atoms with E-state index in [0.717, 1.165) is 71.2 Å². The molecule has 3 aromatic rings. The first-order valence-corrected chi connectivity index (χ1v) is 14.8. The number of carbonyl (C=O) groups is 2. The van der Waals surface area contributed by atoms with E-state index in [9.17, 15) is 9.59 Å². The summed E-state index contributed by atoms with van der Waals surface area (Å²) in [5, 5.41) is 0.766. The van der Waals surface area contributed by atoms with Crippen molar-refractivity contribution < 1.29 is 19.1 Å². The second-order valence-corrected chi connectivity index (χ2v) is 12.8. The monoisotopic (exact) mass is 554 g/mol. The second kappa shape index (κ2) is 11.7. The number of fused-ring (bicyclic) bond motifs is 2. The highest BCUT2D eigenvalue weighted by Gasteiger charge is 2.36. The first-order chi connectivity index (χ1) is 19.6. The van der Waals surface area contributed by atoms with Crippen molar-refractivity contribution in [3.63, 3.8) is 0 Å². The Morgan fingerprint density at radius 2 is 1.68 bits per heavy atom. The van der Waals surface area contributed by atoms with Crippen LogP contribution in [0.1, 0.15) is 87.5 Å². The van der Waals surface area contributed by atoms with Gasteiger partial charge in [-0.2, -0.15) is 0 Å². The molecule has 1 aliphatic heterocycles. The summed E-state index contributed by atoms with van der Waals surface area (Å²) in [7, 11) is 1.66. The van der Waals surface area contributed by atoms with Crippen molar-refractivity contribution in [3.8, 4) is 5.75 Å². The third-order valence-electron chi connectivity index (χ3n) is 8.91. The van der Waals surface area contributed by atoms with Gasteiger partial charge in [0.2, 0.25) is 0 Å². The van der Waals surface area contributed by atoms with E-state index in [0.29, 0.717) is 11.5 Å². The Morgan fingerprint density at radius 3 is 2.34 bits per heavy atom. The van der Waals surface area contributed by atoms with Crippen LogP contribution in [-0.2, 0) is 16.0 Å². The summed E-state index contributed by atoms with van der Waals surface area (Å²) in [6, 6.07) is 16.0. The number of rotatable bonds is 5. The SMILES string of the molecule is COc1ccc(C=C2CC(C(C)(C)C)Cc3c2nc2ccccc2c3C(=O)OCC(=O)N2C(C)CCCC2C)cc1. The van der Waals surface area contributed by atoms with Crippen molar-refractivity contribution in [2.75, 3.05) is 13.7 Å². The van der Waals surface area contributed by atoms with Crippen LogP contribution in [-0.4, -0.2) is 47.6 Å². The zero-order valence-electron chi connectivity index (χ0n) is 25.2. The van der Waals surface area contributed by atoms with Crippen molar-refractivity contribution in [1.82, 2.24) is 9.88 Å². The fourth-order valence-electron chi connectivity index (χ4n) is 6.46. The smallest absolute Gasteiger partial charge is 0.339 e. The van der Waals surface area contributed by atoms with Gasteiger partial charge in [-0.15, -0.1) is 0 Å². The number of ether oxygens (including phenoxy) is 2. The molecule has 1 aliphatic carbocycles. The van der Waals surface area contributed by atoms with Crippen LogP contribution in [0.2, 0.25) is 0 Å². The van der Waals surface area contributed by atoms with E-state index in [1.165, 1.54) is 0 Å². The summed E-state index contributed by atoms with van der Waals surface area (Å²) >= 11 is 0. The van der Waals surface area contributed by atoms with Crippen molar-refractivity contribution in [2.24, 2.45) is 11.3 Å². The van der Waals surface area contributed by atoms with Crippen LogP contribution in [0.5, 0.6) is 5.75 Å². The first kappa shape index (κ1) is 28.8. The molecule has 3 unspecified atom stereocenters. The molecule has 5 rings (SSSR count). The van der Waals surface area contributed by atoms with Crippen LogP contribution >= 0.6 is 0 Å². The number of aromatic nitrogens is 1. The highest BCUT2D eigenvalue weighted by molar-refractivity contribution is 6.07. The maximum Gasteiger partial charge on any atom is 0.339 e. The number of pyridine rings is 1. The number of likely N-dealkylation sites (tertiary alicyclic amines) is 1. The van der Waals surface area contributed by atoms with Crippen LogP contribution in [0, 0.1) is 11.3 Å². The normalized spacial score (nSPS) is 22.0. The molecular weight excluding hydrogens is 512 g/mol. The van der Waals surface area contributed by atoms with Gasteiger partial charge in [0.05, 0.1) is 23.9 Å². The number of amides is 1. The lowest BCUT2D eigenvalue weighted by molar-refractivity contribution is -0.140. The van der Waals surface area contributed by atoms with Gasteiger partial charge in [0, 0.05) is 17.5 Å². The molecule has 0 N–H and O–H groups in total. The van der Waals surface area contributed by atoms with Gasteiger partial charge in [-0.25, -0.2) is 9.78 Å². The summed E-state index contributed by atoms with van der Waals surface area (Å²) in [4.78, 5) is 34.1. The second-order valence-electron chi connectivity index (χ2n) is 12.8. The molecule has 1 aromatic heterocycles. The highest BCUT2D eigenvalue weighted by atomic mass is 16.5. The molecule has 1 saturated heterocycles. The van der Waals surface area contributed by atoms with Gasteiger partial charge >= 0.3 is 5.97 Å². The number of para-hydroxylation sites is 1. The van der Waals surface area contributed by atoms with Gasteiger partial charge in [-0.1, -0.05) is 51.1 Å². The van der Waals surface area contributed by atoms with Gasteiger partial charge in [-0.3, -0.25) is 4.79 Å². The van der Waals surface area contributed by atoms with Crippen molar-refractivity contribution in [3.05, 3.63) is 70.9 Å². The lowest BCUT2D eigenvalue weighted by Gasteiger charge is -2.39. The number of allylic oxidation sites excluding steroid dienone is 1. The molecule has 2 aliphatic rings. The van der Waals surface area contributed by atoms with Crippen LogP contribution in [0.25, 0.3) is 22.6 Å². The number of esters is 1. The molecule has 3 atom stereocenters. The number of carbonyl (C=O) groups excluding carboxylic acids is 2. The third-order valence-corrected chi connectivity index (χ3v) is 8.91. The van der Waals surface area contributed by atoms with E-state index in [1.54, 1.807) is 7.11 Å². The Labute approximate surface area is 243 Å². The minimum absolute atomic E-state index is 0.0139. The Balaban J connectivity index is 1.56. The average Bonchev–Trinajstić information content (AvgIpc) is 2.94. The van der Waals surface area contributed by atoms with E-state index >= 15 is 0 Å². The van der Waals surface area contributed by atoms with E-state index in [1.807, 2.05) is 53.4 Å². The number of piperidine rings is 1. The molecule has 216 valence electrons. The van der Waals surface area contributed by atoms with Crippen LogP contribution in [0.4, 0.5) is 0 Å². The minimum atomic E-state index is -0.455. The summed E-state index contributed by atoms with van der Waals surface area (Å²) in [5.74, 6) is 0.522. The Hall–Kier alpha value is -3.67. The van der Waals surface area contributed by atoms with Gasteiger partial charge < -0.3 is 14.4 Å². The number of hydrogen-bond donors (Lipinski definition) is 0. The zero-order chi connectivity index (χ0) is 29.3. The Bertz CT molecular complexity index is 1460. The molecule has 6 heteroatoms. The van der Waals surface area contributed by atoms with E-state index < -0.39 is 5.97 Å². The van der Waals surface area contributed by atoms with Crippen molar-refractivity contribution in [2.45, 2.75) is 78.8 Å². The van der Waals surface area contributed by atoms with Gasteiger partial charge in [-0.05, 0) is 98.3 Å². The maximum absolute atomic E-state index is 13.9. The number of benzene rings is 2. The van der Waals surface area contributed by atoms with E-state index in [4.69, 9.17) is 14.5 Å². The van der Waals surface area contributed by atoms with Crippen LogP contribution in [0.15, 0.2) is 48.5 Å². The Morgan fingerprint density at radius 1 is 1.00 bits per heavy atom. The average molecular weight is 555 g/mol. The first-order valence-electron chi connectivity index (χ1n) is 14.8. The summed E-state index contributed by atoms with van der Waals surface area (Å²) in [6.45, 7) is 10.6. The fourth-order valence-corrected chi connectivity index (χ4v) is 6.46. The predicted octanol–water partition coefficient (Wildman–Crippen LogP) is 7.34. The molecule has 0 spiro atoms. The van der Waals surface area contributed by atoms with Crippen LogP contribution < -0.4 is 4.74 Å². The molecule has 0 saturated carbocycles. The summed E-state index contributed by atoms with van der Waals surface area (Å²) in [5.41, 5.74) is 5.20. The molecule has 0 bridgehead atoms. The summed E-state index contributed by atoms with van der Waals surface area (Å²) < 4.78 is 11.2. The largest absolute Gasteiger partial charge is 0.497 e. The quantitative estimate of drug-likeness (QED) is 0.309. The zero-order valence-corrected chi connectivity index (χ0v) is 25.2. The molecule has 2 heterocycles. The van der Waals surface area contributed by atoms with Gasteiger partial charge in [0.1, 0.15) is 5.75 Å². The maximum atomic E-state index is 13.9. The molecule has 0 radical (unpaired) electrons. The van der Waals surface area contributed by atoms with Gasteiger partial charge in [0.25, 0.3) is 5.91 Å². The number of nitrogens with zero attached hydrogens (tertiary/aromatic N) is 2. The summed E-state index contributed by atoms with van der Waals surface area (Å²) in [6.07, 6.45) is 6.81. The fraction of sp³-hybridized carbons (Fsp3) is 0.457. The lowest BCUT2D eigenvalue weighted by atomic mass is 9.69. The molecule has 1 fully saturated rings. The molecular formula is C35H42N2O4. The highest BCUT2D eigenvalue weighted by Crippen LogP contribution is 2.45. The van der Waals surface area contributed by atoms with Crippen molar-refractivity contribution >= 4 is 34.4 Å². The molecule has 6 nitrogen and oxygen atoms in total. The molecule has 41 heavy (non-hydrogen) atoms. The predicted molar refractivity (Wildman–Crippen MR) is 164 cm³/mol.